The Bertz CT molecular complexity index is 186. The van der Waals surface area contributed by atoms with E-state index in [-0.39, 0.29) is 5.97 Å². The molecule has 0 fully saturated rings. The highest BCUT2D eigenvalue weighted by Gasteiger charge is 2.21. The van der Waals surface area contributed by atoms with Gasteiger partial charge in [0.1, 0.15) is 12.9 Å². The third kappa shape index (κ3) is 3.04. The van der Waals surface area contributed by atoms with Gasteiger partial charge in [-0.3, -0.25) is 0 Å². The van der Waals surface area contributed by atoms with Gasteiger partial charge >= 0.3 is 5.97 Å². The Balaban J connectivity index is 2.02. The molecule has 1 heterocycles. The van der Waals surface area contributed by atoms with Gasteiger partial charge in [-0.15, -0.1) is 0 Å². The highest BCUT2D eigenvalue weighted by Crippen LogP contribution is 2.13. The summed E-state index contributed by atoms with van der Waals surface area (Å²) >= 11 is 0. The summed E-state index contributed by atoms with van der Waals surface area (Å²) < 4.78 is 9.33. The third-order valence-corrected chi connectivity index (χ3v) is 1.21. The molecule has 1 rings (SSSR count). The van der Waals surface area contributed by atoms with Crippen molar-refractivity contribution in [2.75, 3.05) is 27.2 Å². The Labute approximate surface area is 65.4 Å². The first kappa shape index (κ1) is 8.07. The predicted molar refractivity (Wildman–Crippen MR) is 38.7 cm³/mol. The van der Waals surface area contributed by atoms with Gasteiger partial charge in [0.25, 0.3) is 0 Å². The average Bonchev–Trinajstić information content (AvgIpc) is 2.66. The monoisotopic (exact) mass is 157 g/mol. The molecule has 62 valence electrons. The van der Waals surface area contributed by atoms with Crippen molar-refractivity contribution in [1.29, 1.82) is 0 Å². The summed E-state index contributed by atoms with van der Waals surface area (Å²) in [6.07, 6.45) is 1.37. The molecule has 0 N–H and O–H groups in total. The standard InChI is InChI=1S/C7H11NO3/c1-8(2)3-4-10-7(9)6-5-11-6/h5H,3-4H2,1-2H3. The normalized spacial score (nSPS) is 13.9. The number of rotatable bonds is 4. The molecule has 0 radical (unpaired) electrons. The molecule has 0 aromatic heterocycles. The Hall–Kier alpha value is -1.03. The summed E-state index contributed by atoms with van der Waals surface area (Å²) in [6.45, 7) is 1.14. The smallest absolute Gasteiger partial charge is 0.377 e. The van der Waals surface area contributed by atoms with E-state index in [1.54, 1.807) is 0 Å². The molecule has 0 saturated carbocycles. The number of hydrogen-bond donors (Lipinski definition) is 0. The SMILES string of the molecule is CN(C)CCOC(=O)C1=CO1. The lowest BCUT2D eigenvalue weighted by atomic mass is 10.6. The van der Waals surface area contributed by atoms with E-state index in [1.165, 1.54) is 6.26 Å². The number of carbonyl (C=O) groups excluding carboxylic acids is 1. The van der Waals surface area contributed by atoms with Gasteiger partial charge in [-0.1, -0.05) is 0 Å². The van der Waals surface area contributed by atoms with E-state index in [9.17, 15) is 4.79 Å². The van der Waals surface area contributed by atoms with Crippen molar-refractivity contribution in [2.45, 2.75) is 0 Å². The molecule has 0 spiro atoms. The molecular weight excluding hydrogens is 146 g/mol. The fraction of sp³-hybridized carbons (Fsp3) is 0.571. The van der Waals surface area contributed by atoms with Crippen LogP contribution in [0.1, 0.15) is 0 Å². The highest BCUT2D eigenvalue weighted by molar-refractivity contribution is 5.88. The van der Waals surface area contributed by atoms with Gasteiger partial charge in [-0.25, -0.2) is 4.79 Å². The number of esters is 1. The minimum atomic E-state index is -0.369. The summed E-state index contributed by atoms with van der Waals surface area (Å²) in [5, 5.41) is 0. The summed E-state index contributed by atoms with van der Waals surface area (Å²) in [7, 11) is 3.83. The molecule has 0 amide bonds. The Kier molecular flexibility index (Phi) is 2.48. The van der Waals surface area contributed by atoms with Crippen molar-refractivity contribution < 1.29 is 14.3 Å². The van der Waals surface area contributed by atoms with Gasteiger partial charge < -0.3 is 14.4 Å². The first-order valence-corrected chi connectivity index (χ1v) is 3.39. The van der Waals surface area contributed by atoms with Crippen LogP contribution >= 0.6 is 0 Å². The first-order chi connectivity index (χ1) is 5.20. The largest absolute Gasteiger partial charge is 0.458 e. The molecule has 11 heavy (non-hydrogen) atoms. The lowest BCUT2D eigenvalue weighted by Gasteiger charge is -2.07. The second-order valence-corrected chi connectivity index (χ2v) is 2.54. The van der Waals surface area contributed by atoms with E-state index in [0.29, 0.717) is 12.4 Å². The first-order valence-electron chi connectivity index (χ1n) is 3.39. The second kappa shape index (κ2) is 3.39. The molecule has 0 atom stereocenters. The van der Waals surface area contributed by atoms with Crippen LogP contribution < -0.4 is 0 Å². The van der Waals surface area contributed by atoms with E-state index in [2.05, 4.69) is 4.74 Å². The molecule has 4 nitrogen and oxygen atoms in total. The zero-order valence-corrected chi connectivity index (χ0v) is 6.66. The van der Waals surface area contributed by atoms with Crippen LogP contribution in [0.2, 0.25) is 0 Å². The number of hydrogen-bond acceptors (Lipinski definition) is 4. The van der Waals surface area contributed by atoms with Gasteiger partial charge in [0.05, 0.1) is 0 Å². The number of carbonyl (C=O) groups is 1. The Morgan fingerprint density at radius 3 is 2.82 bits per heavy atom. The number of nitrogens with zero attached hydrogens (tertiary/aromatic N) is 1. The van der Waals surface area contributed by atoms with Gasteiger partial charge in [0.15, 0.2) is 0 Å². The van der Waals surface area contributed by atoms with Crippen LogP contribution in [0.25, 0.3) is 0 Å². The van der Waals surface area contributed by atoms with Crippen LogP contribution in [0.4, 0.5) is 0 Å². The molecule has 1 aliphatic rings. The summed E-state index contributed by atoms with van der Waals surface area (Å²) in [4.78, 5) is 12.7. The lowest BCUT2D eigenvalue weighted by molar-refractivity contribution is -0.140. The van der Waals surface area contributed by atoms with Gasteiger partial charge in [0, 0.05) is 6.54 Å². The van der Waals surface area contributed by atoms with Crippen molar-refractivity contribution in [3.8, 4) is 0 Å². The van der Waals surface area contributed by atoms with Crippen LogP contribution in [0, 0.1) is 0 Å². The van der Waals surface area contributed by atoms with Crippen molar-refractivity contribution in [3.63, 3.8) is 0 Å². The van der Waals surface area contributed by atoms with Gasteiger partial charge in [-0.05, 0) is 14.1 Å². The van der Waals surface area contributed by atoms with Gasteiger partial charge in [0.2, 0.25) is 5.76 Å². The maximum atomic E-state index is 10.8. The molecular formula is C7H11NO3. The second-order valence-electron chi connectivity index (χ2n) is 2.54. The van der Waals surface area contributed by atoms with Crippen LogP contribution in [0.3, 0.4) is 0 Å². The maximum absolute atomic E-state index is 10.8. The summed E-state index contributed by atoms with van der Waals surface area (Å²) in [6, 6.07) is 0. The zero-order chi connectivity index (χ0) is 8.27. The molecule has 1 aliphatic heterocycles. The third-order valence-electron chi connectivity index (χ3n) is 1.21. The molecule has 0 aliphatic carbocycles. The summed E-state index contributed by atoms with van der Waals surface area (Å²) in [5.74, 6) is -0.0457. The Morgan fingerprint density at radius 2 is 2.36 bits per heavy atom. The molecule has 0 bridgehead atoms. The fourth-order valence-corrected chi connectivity index (χ4v) is 0.518. The van der Waals surface area contributed by atoms with Crippen LogP contribution in [-0.2, 0) is 14.3 Å². The predicted octanol–water partition coefficient (Wildman–Crippen LogP) is -0.0372. The van der Waals surface area contributed by atoms with E-state index in [1.807, 2.05) is 19.0 Å². The molecule has 4 heteroatoms. The fourth-order valence-electron chi connectivity index (χ4n) is 0.518. The average molecular weight is 157 g/mol. The van der Waals surface area contributed by atoms with E-state index >= 15 is 0 Å². The Morgan fingerprint density at radius 1 is 1.73 bits per heavy atom. The van der Waals surface area contributed by atoms with E-state index in [0.717, 1.165) is 6.54 Å². The lowest BCUT2D eigenvalue weighted by Crippen LogP contribution is -2.19. The topological polar surface area (TPSA) is 42.1 Å². The number of likely N-dealkylation sites (N-methyl/N-ethyl adjacent to an activating group) is 1. The minimum Gasteiger partial charge on any atom is -0.458 e. The maximum Gasteiger partial charge on any atom is 0.377 e. The highest BCUT2D eigenvalue weighted by atomic mass is 16.6. The zero-order valence-electron chi connectivity index (χ0n) is 6.66. The van der Waals surface area contributed by atoms with E-state index < -0.39 is 0 Å². The van der Waals surface area contributed by atoms with Crippen molar-refractivity contribution in [3.05, 3.63) is 12.0 Å². The molecule has 0 saturated heterocycles. The van der Waals surface area contributed by atoms with Crippen molar-refractivity contribution in [2.24, 2.45) is 0 Å². The van der Waals surface area contributed by atoms with Crippen LogP contribution in [-0.4, -0.2) is 38.1 Å². The molecule has 0 aromatic rings. The van der Waals surface area contributed by atoms with Crippen molar-refractivity contribution >= 4 is 5.97 Å². The number of ether oxygens (including phenoxy) is 2. The molecule has 0 aromatic carbocycles. The van der Waals surface area contributed by atoms with Gasteiger partial charge in [-0.2, -0.15) is 0 Å². The van der Waals surface area contributed by atoms with E-state index in [4.69, 9.17) is 4.74 Å². The minimum absolute atomic E-state index is 0.323. The molecule has 0 unspecified atom stereocenters. The van der Waals surface area contributed by atoms with Crippen LogP contribution in [0.5, 0.6) is 0 Å². The van der Waals surface area contributed by atoms with Crippen molar-refractivity contribution in [1.82, 2.24) is 4.90 Å². The summed E-state index contributed by atoms with van der Waals surface area (Å²) in [5.41, 5.74) is 0. The van der Waals surface area contributed by atoms with Crippen LogP contribution in [0.15, 0.2) is 12.0 Å². The quantitative estimate of drug-likeness (QED) is 0.537.